The Morgan fingerprint density at radius 1 is 1.35 bits per heavy atom. The highest BCUT2D eigenvalue weighted by molar-refractivity contribution is 7.10. The van der Waals surface area contributed by atoms with Crippen molar-refractivity contribution in [3.63, 3.8) is 0 Å². The number of aliphatic hydroxyl groups is 1. The molecule has 4 heteroatoms. The predicted octanol–water partition coefficient (Wildman–Crippen LogP) is 3.17. The molecule has 17 heavy (non-hydrogen) atoms. The van der Waals surface area contributed by atoms with Gasteiger partial charge in [0.25, 0.3) is 0 Å². The second-order valence-corrected chi connectivity index (χ2v) is 5.70. The number of fused-ring (bicyclic) bond motifs is 1. The van der Waals surface area contributed by atoms with Crippen LogP contribution in [0.2, 0.25) is 5.02 Å². The van der Waals surface area contributed by atoms with Crippen LogP contribution in [0.15, 0.2) is 29.6 Å². The number of benzene rings is 1. The smallest absolute Gasteiger partial charge is 0.126 e. The molecule has 3 rings (SSSR count). The first-order chi connectivity index (χ1) is 8.11. The second kappa shape index (κ2) is 3.73. The van der Waals surface area contributed by atoms with E-state index in [-0.39, 0.29) is 0 Å². The molecule has 88 valence electrons. The van der Waals surface area contributed by atoms with Gasteiger partial charge in [0.15, 0.2) is 0 Å². The fourth-order valence-corrected chi connectivity index (χ4v) is 3.85. The van der Waals surface area contributed by atoms with Crippen LogP contribution in [-0.2, 0) is 12.0 Å². The predicted molar refractivity (Wildman–Crippen MR) is 71.5 cm³/mol. The summed E-state index contributed by atoms with van der Waals surface area (Å²) in [6, 6.07) is 7.51. The number of hydrogen-bond donors (Lipinski definition) is 2. The highest BCUT2D eigenvalue weighted by Gasteiger charge is 2.40. The van der Waals surface area contributed by atoms with Gasteiger partial charge in [-0.25, -0.2) is 0 Å². The molecule has 0 fully saturated rings. The van der Waals surface area contributed by atoms with Crippen molar-refractivity contribution in [2.75, 3.05) is 5.73 Å². The van der Waals surface area contributed by atoms with Crippen molar-refractivity contribution < 1.29 is 5.11 Å². The lowest BCUT2D eigenvalue weighted by Crippen LogP contribution is -2.22. The van der Waals surface area contributed by atoms with Gasteiger partial charge in [-0.2, -0.15) is 0 Å². The van der Waals surface area contributed by atoms with Gasteiger partial charge in [0.2, 0.25) is 0 Å². The minimum atomic E-state index is -0.936. The SMILES string of the molecule is Nc1ccc2c(c1)CCC2(O)c1sccc1Cl. The summed E-state index contributed by atoms with van der Waals surface area (Å²) in [5.41, 5.74) is 7.63. The fourth-order valence-electron chi connectivity index (χ4n) is 2.50. The minimum absolute atomic E-state index is 0.641. The Bertz CT molecular complexity index is 581. The lowest BCUT2D eigenvalue weighted by Gasteiger charge is -2.23. The summed E-state index contributed by atoms with van der Waals surface area (Å²) in [5, 5.41) is 13.4. The molecule has 1 aromatic carbocycles. The lowest BCUT2D eigenvalue weighted by atomic mass is 9.94. The van der Waals surface area contributed by atoms with Crippen molar-refractivity contribution in [1.82, 2.24) is 0 Å². The molecule has 1 aliphatic carbocycles. The topological polar surface area (TPSA) is 46.2 Å². The molecule has 1 heterocycles. The second-order valence-electron chi connectivity index (χ2n) is 4.37. The summed E-state index contributed by atoms with van der Waals surface area (Å²) in [4.78, 5) is 0.836. The minimum Gasteiger partial charge on any atom is -0.399 e. The maximum absolute atomic E-state index is 10.9. The third kappa shape index (κ3) is 1.58. The fraction of sp³-hybridized carbons (Fsp3) is 0.231. The molecule has 2 nitrogen and oxygen atoms in total. The van der Waals surface area contributed by atoms with Gasteiger partial charge in [-0.1, -0.05) is 17.7 Å². The average molecular weight is 266 g/mol. The average Bonchev–Trinajstić information content (AvgIpc) is 2.85. The zero-order valence-electron chi connectivity index (χ0n) is 9.11. The van der Waals surface area contributed by atoms with Crippen LogP contribution >= 0.6 is 22.9 Å². The monoisotopic (exact) mass is 265 g/mol. The van der Waals surface area contributed by atoms with E-state index >= 15 is 0 Å². The van der Waals surface area contributed by atoms with E-state index in [0.717, 1.165) is 28.1 Å². The largest absolute Gasteiger partial charge is 0.399 e. The van der Waals surface area contributed by atoms with Crippen molar-refractivity contribution in [1.29, 1.82) is 0 Å². The zero-order chi connectivity index (χ0) is 12.0. The van der Waals surface area contributed by atoms with E-state index in [1.54, 1.807) is 0 Å². The van der Waals surface area contributed by atoms with Crippen LogP contribution in [0.25, 0.3) is 0 Å². The molecule has 2 aromatic rings. The maximum atomic E-state index is 10.9. The van der Waals surface area contributed by atoms with Crippen molar-refractivity contribution in [2.45, 2.75) is 18.4 Å². The molecule has 1 aliphatic rings. The lowest BCUT2D eigenvalue weighted by molar-refractivity contribution is 0.0869. The first-order valence-electron chi connectivity index (χ1n) is 5.46. The van der Waals surface area contributed by atoms with Gasteiger partial charge in [0.1, 0.15) is 5.60 Å². The van der Waals surface area contributed by atoms with Crippen LogP contribution in [0, 0.1) is 0 Å². The maximum Gasteiger partial charge on any atom is 0.126 e. The van der Waals surface area contributed by atoms with E-state index < -0.39 is 5.60 Å². The van der Waals surface area contributed by atoms with Crippen molar-refractivity contribution in [2.24, 2.45) is 0 Å². The third-order valence-electron chi connectivity index (χ3n) is 3.32. The molecular formula is C13H12ClNOS. The van der Waals surface area contributed by atoms with Gasteiger partial charge < -0.3 is 10.8 Å². The van der Waals surface area contributed by atoms with E-state index in [1.165, 1.54) is 11.3 Å². The third-order valence-corrected chi connectivity index (χ3v) is 4.82. The van der Waals surface area contributed by atoms with Gasteiger partial charge in [0.05, 0.1) is 9.90 Å². The Labute approximate surface area is 109 Å². The molecule has 0 bridgehead atoms. The Hall–Kier alpha value is -1.03. The highest BCUT2D eigenvalue weighted by Crippen LogP contribution is 2.46. The number of anilines is 1. The quantitative estimate of drug-likeness (QED) is 0.778. The first kappa shape index (κ1) is 11.1. The molecule has 0 aliphatic heterocycles. The summed E-state index contributed by atoms with van der Waals surface area (Å²) in [7, 11) is 0. The Morgan fingerprint density at radius 3 is 2.88 bits per heavy atom. The van der Waals surface area contributed by atoms with Gasteiger partial charge >= 0.3 is 0 Å². The molecule has 0 saturated carbocycles. The van der Waals surface area contributed by atoms with Gasteiger partial charge in [0, 0.05) is 5.69 Å². The molecule has 0 amide bonds. The van der Waals surface area contributed by atoms with E-state index in [2.05, 4.69) is 0 Å². The summed E-state index contributed by atoms with van der Waals surface area (Å²) < 4.78 is 0. The zero-order valence-corrected chi connectivity index (χ0v) is 10.7. The van der Waals surface area contributed by atoms with Crippen LogP contribution in [0.1, 0.15) is 22.4 Å². The molecule has 1 aromatic heterocycles. The van der Waals surface area contributed by atoms with E-state index in [9.17, 15) is 5.11 Å². The van der Waals surface area contributed by atoms with Crippen LogP contribution in [-0.4, -0.2) is 5.11 Å². The van der Waals surface area contributed by atoms with Crippen LogP contribution in [0.4, 0.5) is 5.69 Å². The molecule has 1 atom stereocenters. The number of halogens is 1. The normalized spacial score (nSPS) is 22.7. The molecule has 0 saturated heterocycles. The summed E-state index contributed by atoms with van der Waals surface area (Å²) >= 11 is 7.63. The number of nitrogens with two attached hydrogens (primary N) is 1. The van der Waals surface area contributed by atoms with Gasteiger partial charge in [-0.15, -0.1) is 11.3 Å². The summed E-state index contributed by atoms with van der Waals surface area (Å²) in [5.74, 6) is 0. The molecular weight excluding hydrogens is 254 g/mol. The number of thiophene rings is 1. The first-order valence-corrected chi connectivity index (χ1v) is 6.72. The van der Waals surface area contributed by atoms with Gasteiger partial charge in [-0.3, -0.25) is 0 Å². The molecule has 0 radical (unpaired) electrons. The van der Waals surface area contributed by atoms with E-state index in [4.69, 9.17) is 17.3 Å². The van der Waals surface area contributed by atoms with Crippen molar-refractivity contribution >= 4 is 28.6 Å². The van der Waals surface area contributed by atoms with Crippen LogP contribution < -0.4 is 5.73 Å². The Balaban J connectivity index is 2.17. The van der Waals surface area contributed by atoms with E-state index in [1.807, 2.05) is 29.6 Å². The molecule has 1 unspecified atom stereocenters. The van der Waals surface area contributed by atoms with E-state index in [0.29, 0.717) is 11.4 Å². The summed E-state index contributed by atoms with van der Waals surface area (Å²) in [6.07, 6.45) is 1.51. The van der Waals surface area contributed by atoms with Crippen LogP contribution in [0.3, 0.4) is 0 Å². The number of hydrogen-bond acceptors (Lipinski definition) is 3. The van der Waals surface area contributed by atoms with Crippen molar-refractivity contribution in [3.8, 4) is 0 Å². The number of nitrogen functional groups attached to an aromatic ring is 1. The highest BCUT2D eigenvalue weighted by atomic mass is 35.5. The summed E-state index contributed by atoms with van der Waals surface area (Å²) in [6.45, 7) is 0. The molecule has 3 N–H and O–H groups in total. The molecule has 0 spiro atoms. The number of aryl methyl sites for hydroxylation is 1. The van der Waals surface area contributed by atoms with Crippen molar-refractivity contribution in [3.05, 3.63) is 50.7 Å². The number of rotatable bonds is 1. The van der Waals surface area contributed by atoms with Crippen LogP contribution in [0.5, 0.6) is 0 Å². The Morgan fingerprint density at radius 2 is 2.18 bits per heavy atom. The standard InChI is InChI=1S/C13H12ClNOS/c14-11-4-6-17-12(11)13(16)5-3-8-7-9(15)1-2-10(8)13/h1-2,4,6-7,16H,3,5,15H2. The van der Waals surface area contributed by atoms with Gasteiger partial charge in [-0.05, 0) is 47.5 Å². The Kier molecular flexibility index (Phi) is 2.43.